The van der Waals surface area contributed by atoms with Crippen molar-refractivity contribution in [1.29, 1.82) is 0 Å². The second-order valence-electron chi connectivity index (χ2n) is 6.27. The SMILES string of the molecule is O=C(c1ccccc1)c1ccc2nc(-c3cccs3)c(-c3cccs3)nc2c1. The third-order valence-electron chi connectivity index (χ3n) is 4.47. The van der Waals surface area contributed by atoms with E-state index in [2.05, 4.69) is 12.1 Å². The van der Waals surface area contributed by atoms with Crippen molar-refractivity contribution in [3.05, 3.63) is 94.7 Å². The summed E-state index contributed by atoms with van der Waals surface area (Å²) in [4.78, 5) is 24.8. The molecule has 5 rings (SSSR count). The van der Waals surface area contributed by atoms with Crippen molar-refractivity contribution in [3.63, 3.8) is 0 Å². The molecule has 3 heterocycles. The first-order valence-electron chi connectivity index (χ1n) is 8.79. The summed E-state index contributed by atoms with van der Waals surface area (Å²) < 4.78 is 0. The van der Waals surface area contributed by atoms with Crippen LogP contribution < -0.4 is 0 Å². The molecule has 134 valence electrons. The number of benzene rings is 2. The molecule has 0 saturated heterocycles. The largest absolute Gasteiger partial charge is 0.289 e. The van der Waals surface area contributed by atoms with Gasteiger partial charge in [0, 0.05) is 11.1 Å². The van der Waals surface area contributed by atoms with Gasteiger partial charge in [-0.3, -0.25) is 4.79 Å². The minimum atomic E-state index is -0.00990. The molecule has 0 unspecified atom stereocenters. The Morgan fingerprint density at radius 3 is 1.89 bits per heavy atom. The summed E-state index contributed by atoms with van der Waals surface area (Å²) in [5.74, 6) is -0.00990. The number of rotatable bonds is 4. The molecule has 0 amide bonds. The number of fused-ring (bicyclic) bond motifs is 1. The molecule has 5 aromatic rings. The fourth-order valence-corrected chi connectivity index (χ4v) is 4.55. The van der Waals surface area contributed by atoms with Gasteiger partial charge in [-0.2, -0.15) is 0 Å². The highest BCUT2D eigenvalue weighted by Gasteiger charge is 2.16. The zero-order valence-electron chi connectivity index (χ0n) is 14.7. The summed E-state index contributed by atoms with van der Waals surface area (Å²) in [6.45, 7) is 0. The van der Waals surface area contributed by atoms with Crippen LogP contribution in [-0.2, 0) is 0 Å². The summed E-state index contributed by atoms with van der Waals surface area (Å²) >= 11 is 3.29. The first-order chi connectivity index (χ1) is 13.8. The molecule has 0 bridgehead atoms. The Hall–Kier alpha value is -3.15. The first kappa shape index (κ1) is 17.0. The Balaban J connectivity index is 1.68. The lowest BCUT2D eigenvalue weighted by Gasteiger charge is -2.09. The summed E-state index contributed by atoms with van der Waals surface area (Å²) in [6, 6.07) is 23.0. The van der Waals surface area contributed by atoms with E-state index in [4.69, 9.17) is 9.97 Å². The van der Waals surface area contributed by atoms with Gasteiger partial charge in [0.25, 0.3) is 0 Å². The molecule has 2 aromatic carbocycles. The van der Waals surface area contributed by atoms with Crippen molar-refractivity contribution in [2.45, 2.75) is 0 Å². The van der Waals surface area contributed by atoms with Crippen molar-refractivity contribution in [1.82, 2.24) is 9.97 Å². The van der Waals surface area contributed by atoms with Crippen LogP contribution in [0, 0.1) is 0 Å². The number of hydrogen-bond donors (Lipinski definition) is 0. The number of thiophene rings is 2. The minimum absolute atomic E-state index is 0.00990. The van der Waals surface area contributed by atoms with Crippen LogP contribution >= 0.6 is 22.7 Å². The fourth-order valence-electron chi connectivity index (χ4n) is 3.12. The summed E-state index contributed by atoms with van der Waals surface area (Å²) in [5.41, 5.74) is 4.54. The van der Waals surface area contributed by atoms with Gasteiger partial charge in [0.15, 0.2) is 5.78 Å². The third kappa shape index (κ3) is 3.05. The van der Waals surface area contributed by atoms with Crippen LogP contribution in [0.3, 0.4) is 0 Å². The molecule has 0 spiro atoms. The standard InChI is InChI=1S/C23H14N2OS2/c26-23(15-6-2-1-3-7-15)16-10-11-17-18(14-16)25-22(20-9-5-13-28-20)21(24-17)19-8-4-12-27-19/h1-14H. The molecule has 0 fully saturated rings. The Morgan fingerprint density at radius 1 is 0.643 bits per heavy atom. The third-order valence-corrected chi connectivity index (χ3v) is 6.22. The van der Waals surface area contributed by atoms with Crippen molar-refractivity contribution in [2.24, 2.45) is 0 Å². The maximum absolute atomic E-state index is 12.8. The van der Waals surface area contributed by atoms with E-state index < -0.39 is 0 Å². The zero-order chi connectivity index (χ0) is 18.9. The van der Waals surface area contributed by atoms with Crippen molar-refractivity contribution >= 4 is 39.5 Å². The monoisotopic (exact) mass is 398 g/mol. The second kappa shape index (κ2) is 7.11. The van der Waals surface area contributed by atoms with E-state index in [9.17, 15) is 4.79 Å². The molecule has 0 saturated carbocycles. The van der Waals surface area contributed by atoms with Gasteiger partial charge in [-0.1, -0.05) is 42.5 Å². The topological polar surface area (TPSA) is 42.9 Å². The minimum Gasteiger partial charge on any atom is -0.289 e. The summed E-state index contributed by atoms with van der Waals surface area (Å²) in [5, 5.41) is 4.08. The van der Waals surface area contributed by atoms with E-state index in [0.29, 0.717) is 11.1 Å². The Labute approximate surface area is 170 Å². The van der Waals surface area contributed by atoms with Gasteiger partial charge < -0.3 is 0 Å². The Morgan fingerprint density at radius 2 is 1.29 bits per heavy atom. The quantitative estimate of drug-likeness (QED) is 0.333. The molecular weight excluding hydrogens is 384 g/mol. The van der Waals surface area contributed by atoms with Gasteiger partial charge >= 0.3 is 0 Å². The van der Waals surface area contributed by atoms with Crippen molar-refractivity contribution in [2.75, 3.05) is 0 Å². The van der Waals surface area contributed by atoms with Crippen molar-refractivity contribution < 1.29 is 4.79 Å². The van der Waals surface area contributed by atoms with E-state index in [1.165, 1.54) is 0 Å². The average Bonchev–Trinajstić information content (AvgIpc) is 3.46. The highest BCUT2D eigenvalue weighted by Crippen LogP contribution is 2.35. The number of carbonyl (C=O) groups excluding carboxylic acids is 1. The van der Waals surface area contributed by atoms with Crippen LogP contribution in [0.15, 0.2) is 83.6 Å². The highest BCUT2D eigenvalue weighted by molar-refractivity contribution is 7.14. The molecule has 0 aliphatic carbocycles. The predicted octanol–water partition coefficient (Wildman–Crippen LogP) is 6.32. The van der Waals surface area contributed by atoms with Gasteiger partial charge in [-0.05, 0) is 41.1 Å². The van der Waals surface area contributed by atoms with Gasteiger partial charge in [0.05, 0.1) is 20.8 Å². The molecule has 0 atom stereocenters. The van der Waals surface area contributed by atoms with Gasteiger partial charge in [0.1, 0.15) is 11.4 Å². The second-order valence-corrected chi connectivity index (χ2v) is 8.17. The molecule has 0 radical (unpaired) electrons. The van der Waals surface area contributed by atoms with Crippen LogP contribution in [0.25, 0.3) is 32.2 Å². The van der Waals surface area contributed by atoms with E-state index in [0.717, 1.165) is 32.2 Å². The maximum Gasteiger partial charge on any atom is 0.193 e. The lowest BCUT2D eigenvalue weighted by molar-refractivity contribution is 0.103. The van der Waals surface area contributed by atoms with Gasteiger partial charge in [-0.15, -0.1) is 22.7 Å². The van der Waals surface area contributed by atoms with Gasteiger partial charge in [-0.25, -0.2) is 9.97 Å². The maximum atomic E-state index is 12.8. The molecule has 0 aliphatic heterocycles. The molecular formula is C23H14N2OS2. The number of hydrogen-bond acceptors (Lipinski definition) is 5. The molecule has 0 aliphatic rings. The van der Waals surface area contributed by atoms with E-state index in [-0.39, 0.29) is 5.78 Å². The molecule has 5 heteroatoms. The van der Waals surface area contributed by atoms with E-state index in [1.54, 1.807) is 22.7 Å². The average molecular weight is 399 g/mol. The fraction of sp³-hybridized carbons (Fsp3) is 0. The van der Waals surface area contributed by atoms with Crippen molar-refractivity contribution in [3.8, 4) is 21.1 Å². The number of nitrogens with zero attached hydrogens (tertiary/aromatic N) is 2. The van der Waals surface area contributed by atoms with Crippen LogP contribution in [0.1, 0.15) is 15.9 Å². The number of carbonyl (C=O) groups is 1. The zero-order valence-corrected chi connectivity index (χ0v) is 16.3. The normalized spacial score (nSPS) is 11.0. The Kier molecular flexibility index (Phi) is 4.31. The molecule has 3 aromatic heterocycles. The lowest BCUT2D eigenvalue weighted by atomic mass is 10.0. The van der Waals surface area contributed by atoms with Crippen LogP contribution in [0.5, 0.6) is 0 Å². The Bertz CT molecular complexity index is 1260. The predicted molar refractivity (Wildman–Crippen MR) is 116 cm³/mol. The van der Waals surface area contributed by atoms with Crippen LogP contribution in [0.2, 0.25) is 0 Å². The summed E-state index contributed by atoms with van der Waals surface area (Å²) in [6.07, 6.45) is 0. The van der Waals surface area contributed by atoms with Gasteiger partial charge in [0.2, 0.25) is 0 Å². The smallest absolute Gasteiger partial charge is 0.193 e. The number of aromatic nitrogens is 2. The number of ketones is 1. The van der Waals surface area contributed by atoms with Crippen LogP contribution in [0.4, 0.5) is 0 Å². The van der Waals surface area contributed by atoms with Crippen LogP contribution in [-0.4, -0.2) is 15.8 Å². The highest BCUT2D eigenvalue weighted by atomic mass is 32.1. The lowest BCUT2D eigenvalue weighted by Crippen LogP contribution is -2.02. The summed E-state index contributed by atoms with van der Waals surface area (Å²) in [7, 11) is 0. The first-order valence-corrected chi connectivity index (χ1v) is 10.5. The molecule has 3 nitrogen and oxygen atoms in total. The van der Waals surface area contributed by atoms with E-state index in [1.807, 2.05) is 71.4 Å². The molecule has 0 N–H and O–H groups in total. The molecule has 28 heavy (non-hydrogen) atoms. The van der Waals surface area contributed by atoms with E-state index >= 15 is 0 Å².